The molecule has 0 spiro atoms. The van der Waals surface area contributed by atoms with Crippen LogP contribution in [0, 0.1) is 0 Å². The van der Waals surface area contributed by atoms with E-state index in [1.807, 2.05) is 0 Å². The lowest BCUT2D eigenvalue weighted by molar-refractivity contribution is 0.313. The molecule has 31 heavy (non-hydrogen) atoms. The smallest absolute Gasteiger partial charge is 0.192 e. The SMILES string of the molecule is CN1CCN(c2cnnc(NNc3nnc(Cl)c(Cl)c3N3CCN(C)CC3)c2Cl)CC1. The highest BCUT2D eigenvalue weighted by atomic mass is 35.5. The highest BCUT2D eigenvalue weighted by Crippen LogP contribution is 2.37. The van der Waals surface area contributed by atoms with Crippen LogP contribution in [0.1, 0.15) is 0 Å². The van der Waals surface area contributed by atoms with E-state index in [-0.39, 0.29) is 5.15 Å². The molecule has 13 heteroatoms. The van der Waals surface area contributed by atoms with Gasteiger partial charge in [0.15, 0.2) is 16.8 Å². The van der Waals surface area contributed by atoms with Crippen molar-refractivity contribution < 1.29 is 0 Å². The summed E-state index contributed by atoms with van der Waals surface area (Å²) in [5, 5.41) is 17.4. The Morgan fingerprint density at radius 1 is 0.710 bits per heavy atom. The molecule has 2 fully saturated rings. The fourth-order valence-electron chi connectivity index (χ4n) is 3.62. The Labute approximate surface area is 196 Å². The van der Waals surface area contributed by atoms with Crippen LogP contribution < -0.4 is 20.7 Å². The summed E-state index contributed by atoms with van der Waals surface area (Å²) in [7, 11) is 4.20. The predicted octanol–water partition coefficient (Wildman–Crippen LogP) is 2.17. The monoisotopic (exact) mass is 486 g/mol. The number of hydrazine groups is 1. The van der Waals surface area contributed by atoms with Crippen molar-refractivity contribution in [1.29, 1.82) is 0 Å². The maximum absolute atomic E-state index is 6.65. The number of rotatable bonds is 5. The van der Waals surface area contributed by atoms with Crippen LogP contribution >= 0.6 is 34.8 Å². The minimum Gasteiger partial charge on any atom is -0.366 e. The first-order valence-electron chi connectivity index (χ1n) is 10.1. The summed E-state index contributed by atoms with van der Waals surface area (Å²) < 4.78 is 0. The van der Waals surface area contributed by atoms with Gasteiger partial charge >= 0.3 is 0 Å². The van der Waals surface area contributed by atoms with Gasteiger partial charge in [0.2, 0.25) is 0 Å². The Balaban J connectivity index is 1.53. The van der Waals surface area contributed by atoms with Crippen molar-refractivity contribution in [2.75, 3.05) is 87.1 Å². The first kappa shape index (κ1) is 22.3. The number of nitrogens with zero attached hydrogens (tertiary/aromatic N) is 8. The van der Waals surface area contributed by atoms with Crippen LogP contribution in [0.2, 0.25) is 15.2 Å². The van der Waals surface area contributed by atoms with Crippen LogP contribution in [-0.4, -0.2) is 96.6 Å². The van der Waals surface area contributed by atoms with Crippen molar-refractivity contribution in [3.63, 3.8) is 0 Å². The Hall–Kier alpha value is -1.85. The summed E-state index contributed by atoms with van der Waals surface area (Å²) in [5.41, 5.74) is 7.60. The minimum atomic E-state index is 0.163. The van der Waals surface area contributed by atoms with Crippen molar-refractivity contribution in [3.05, 3.63) is 21.4 Å². The second-order valence-electron chi connectivity index (χ2n) is 7.73. The second kappa shape index (κ2) is 9.74. The van der Waals surface area contributed by atoms with Gasteiger partial charge in [0.1, 0.15) is 15.7 Å². The normalized spacial score (nSPS) is 18.4. The molecule has 0 saturated carbocycles. The van der Waals surface area contributed by atoms with Crippen molar-refractivity contribution in [2.45, 2.75) is 0 Å². The van der Waals surface area contributed by atoms with Gasteiger partial charge in [0.05, 0.1) is 11.9 Å². The molecule has 2 aromatic rings. The summed E-state index contributed by atoms with van der Waals surface area (Å²) in [6, 6.07) is 0. The van der Waals surface area contributed by atoms with E-state index in [0.29, 0.717) is 27.4 Å². The number of halogens is 3. The molecule has 2 aromatic heterocycles. The van der Waals surface area contributed by atoms with E-state index in [2.05, 4.69) is 64.9 Å². The molecule has 0 aromatic carbocycles. The zero-order valence-corrected chi connectivity index (χ0v) is 19.7. The molecule has 0 aliphatic carbocycles. The lowest BCUT2D eigenvalue weighted by Crippen LogP contribution is -2.45. The van der Waals surface area contributed by atoms with Crippen molar-refractivity contribution in [1.82, 2.24) is 30.2 Å². The summed E-state index contributed by atoms with van der Waals surface area (Å²) in [5.74, 6) is 0.845. The van der Waals surface area contributed by atoms with Crippen molar-refractivity contribution >= 4 is 57.8 Å². The number of hydrogen-bond acceptors (Lipinski definition) is 10. The highest BCUT2D eigenvalue weighted by Gasteiger charge is 2.24. The van der Waals surface area contributed by atoms with Gasteiger partial charge in [-0.3, -0.25) is 10.9 Å². The number of hydrogen-bond donors (Lipinski definition) is 2. The van der Waals surface area contributed by atoms with Crippen LogP contribution in [0.4, 0.5) is 23.0 Å². The molecule has 0 radical (unpaired) electrons. The molecule has 2 aliphatic rings. The lowest BCUT2D eigenvalue weighted by atomic mass is 10.3. The number of anilines is 4. The molecule has 0 bridgehead atoms. The first-order valence-corrected chi connectivity index (χ1v) is 11.2. The third-order valence-corrected chi connectivity index (χ3v) is 6.68. The maximum Gasteiger partial charge on any atom is 0.192 e. The molecule has 4 rings (SSSR count). The van der Waals surface area contributed by atoms with Gasteiger partial charge in [-0.2, -0.15) is 5.10 Å². The third-order valence-electron chi connectivity index (χ3n) is 5.58. The fraction of sp³-hybridized carbons (Fsp3) is 0.556. The molecule has 0 unspecified atom stereocenters. The summed E-state index contributed by atoms with van der Waals surface area (Å²) in [6.45, 7) is 7.10. The van der Waals surface area contributed by atoms with E-state index in [9.17, 15) is 0 Å². The first-order chi connectivity index (χ1) is 14.9. The molecule has 0 atom stereocenters. The van der Waals surface area contributed by atoms with Gasteiger partial charge < -0.3 is 19.6 Å². The van der Waals surface area contributed by atoms with Gasteiger partial charge in [-0.1, -0.05) is 34.8 Å². The van der Waals surface area contributed by atoms with E-state index in [1.165, 1.54) is 0 Å². The van der Waals surface area contributed by atoms with Crippen molar-refractivity contribution in [2.24, 2.45) is 0 Å². The second-order valence-corrected chi connectivity index (χ2v) is 8.84. The summed E-state index contributed by atoms with van der Waals surface area (Å²) in [4.78, 5) is 8.88. The quantitative estimate of drug-likeness (QED) is 0.612. The molecular weight excluding hydrogens is 463 g/mol. The van der Waals surface area contributed by atoms with Gasteiger partial charge in [-0.05, 0) is 14.1 Å². The average Bonchev–Trinajstić information content (AvgIpc) is 2.77. The average molecular weight is 488 g/mol. The van der Waals surface area contributed by atoms with Crippen molar-refractivity contribution in [3.8, 4) is 0 Å². The third kappa shape index (κ3) is 4.98. The molecule has 2 N–H and O–H groups in total. The van der Waals surface area contributed by atoms with Crippen LogP contribution in [0.3, 0.4) is 0 Å². The molecule has 2 aliphatic heterocycles. The molecule has 0 amide bonds. The fourth-order valence-corrected chi connectivity index (χ4v) is 4.25. The molecule has 2 saturated heterocycles. The largest absolute Gasteiger partial charge is 0.366 e. The Bertz CT molecular complexity index is 914. The zero-order valence-electron chi connectivity index (χ0n) is 17.4. The number of likely N-dealkylation sites (N-methyl/N-ethyl adjacent to an activating group) is 2. The minimum absolute atomic E-state index is 0.163. The number of aromatic nitrogens is 4. The van der Waals surface area contributed by atoms with E-state index in [4.69, 9.17) is 34.8 Å². The highest BCUT2D eigenvalue weighted by molar-refractivity contribution is 6.43. The number of piperazine rings is 2. The van der Waals surface area contributed by atoms with Gasteiger partial charge in [0.25, 0.3) is 0 Å². The van der Waals surface area contributed by atoms with E-state index in [1.54, 1.807) is 6.20 Å². The van der Waals surface area contributed by atoms with Gasteiger partial charge in [-0.25, -0.2) is 0 Å². The predicted molar refractivity (Wildman–Crippen MR) is 126 cm³/mol. The summed E-state index contributed by atoms with van der Waals surface area (Å²) in [6.07, 6.45) is 1.69. The molecule has 10 nitrogen and oxygen atoms in total. The topological polar surface area (TPSA) is 88.6 Å². The Morgan fingerprint density at radius 3 is 1.94 bits per heavy atom. The van der Waals surface area contributed by atoms with Crippen LogP contribution in [0.5, 0.6) is 0 Å². The van der Waals surface area contributed by atoms with Crippen LogP contribution in [0.15, 0.2) is 6.20 Å². The maximum atomic E-state index is 6.65. The molecule has 168 valence electrons. The van der Waals surface area contributed by atoms with Gasteiger partial charge in [-0.15, -0.1) is 15.3 Å². The standard InChI is InChI=1S/C18H25Cl3N10/c1-28-3-7-30(8-4-28)12-11-22-24-17(13(12)19)25-27-18-15(14(20)16(21)23-26-18)31-9-5-29(2)6-10-31/h11H,3-10H2,1-2H3,(H,24,25)(H,26,27). The number of nitrogens with one attached hydrogen (secondary N) is 2. The summed E-state index contributed by atoms with van der Waals surface area (Å²) >= 11 is 19.3. The zero-order chi connectivity index (χ0) is 22.0. The Morgan fingerprint density at radius 2 is 1.29 bits per heavy atom. The van der Waals surface area contributed by atoms with Crippen LogP contribution in [-0.2, 0) is 0 Å². The van der Waals surface area contributed by atoms with Crippen LogP contribution in [0.25, 0.3) is 0 Å². The van der Waals surface area contributed by atoms with Gasteiger partial charge in [0, 0.05) is 52.4 Å². The molecule has 4 heterocycles. The van der Waals surface area contributed by atoms with E-state index < -0.39 is 0 Å². The molecular formula is C18H25Cl3N10. The Kier molecular flexibility index (Phi) is 7.02. The van der Waals surface area contributed by atoms with E-state index >= 15 is 0 Å². The lowest BCUT2D eigenvalue weighted by Gasteiger charge is -2.35. The van der Waals surface area contributed by atoms with E-state index in [0.717, 1.165) is 58.0 Å².